The quantitative estimate of drug-likeness (QED) is 0.509. The highest BCUT2D eigenvalue weighted by molar-refractivity contribution is 9.10. The van der Waals surface area contributed by atoms with E-state index in [-0.39, 0.29) is 6.04 Å². The Morgan fingerprint density at radius 1 is 1.04 bits per heavy atom. The van der Waals surface area contributed by atoms with E-state index >= 15 is 0 Å². The minimum Gasteiger partial charge on any atom is -0.348 e. The molecule has 26 heavy (non-hydrogen) atoms. The lowest BCUT2D eigenvalue weighted by atomic mass is 10.0. The van der Waals surface area contributed by atoms with Gasteiger partial charge in [-0.1, -0.05) is 39.7 Å². The number of hydrogen-bond donors (Lipinski definition) is 1. The van der Waals surface area contributed by atoms with E-state index in [1.807, 2.05) is 36.4 Å². The van der Waals surface area contributed by atoms with Gasteiger partial charge in [0.15, 0.2) is 5.11 Å². The molecule has 3 nitrogen and oxygen atoms in total. The standard InChI is InChI=1S/C20H17BrClN3S/c21-15-5-9-17(10-6-15)23-20(26)25-13-12-24-11-1-2-18(24)19(25)14-3-7-16(22)8-4-14/h1-11,19H,12-13H2,(H,23,26). The Morgan fingerprint density at radius 3 is 2.50 bits per heavy atom. The Bertz CT molecular complexity index is 921. The highest BCUT2D eigenvalue weighted by atomic mass is 79.9. The molecule has 0 saturated heterocycles. The van der Waals surface area contributed by atoms with Gasteiger partial charge in [0.1, 0.15) is 0 Å². The van der Waals surface area contributed by atoms with E-state index in [2.05, 4.69) is 61.2 Å². The van der Waals surface area contributed by atoms with E-state index < -0.39 is 0 Å². The van der Waals surface area contributed by atoms with Crippen molar-refractivity contribution in [1.29, 1.82) is 0 Å². The largest absolute Gasteiger partial charge is 0.348 e. The Morgan fingerprint density at radius 2 is 1.77 bits per heavy atom. The molecule has 132 valence electrons. The smallest absolute Gasteiger partial charge is 0.174 e. The number of nitrogens with one attached hydrogen (secondary N) is 1. The van der Waals surface area contributed by atoms with Crippen molar-refractivity contribution in [3.8, 4) is 0 Å². The van der Waals surface area contributed by atoms with E-state index in [4.69, 9.17) is 23.8 Å². The molecular formula is C20H17BrClN3S. The zero-order valence-electron chi connectivity index (χ0n) is 13.9. The third-order valence-electron chi connectivity index (χ3n) is 4.58. The van der Waals surface area contributed by atoms with Crippen molar-refractivity contribution < 1.29 is 0 Å². The molecule has 1 unspecified atom stereocenters. The molecule has 1 atom stereocenters. The highest BCUT2D eigenvalue weighted by Gasteiger charge is 2.30. The number of fused-ring (bicyclic) bond motifs is 1. The molecule has 0 bridgehead atoms. The molecule has 2 heterocycles. The fraction of sp³-hybridized carbons (Fsp3) is 0.150. The molecule has 0 amide bonds. The number of hydrogen-bond acceptors (Lipinski definition) is 1. The molecule has 1 aliphatic rings. The van der Waals surface area contributed by atoms with Gasteiger partial charge in [0.05, 0.1) is 6.04 Å². The van der Waals surface area contributed by atoms with Crippen LogP contribution in [0.15, 0.2) is 71.3 Å². The number of nitrogens with zero attached hydrogens (tertiary/aromatic N) is 2. The maximum absolute atomic E-state index is 6.09. The maximum Gasteiger partial charge on any atom is 0.174 e. The van der Waals surface area contributed by atoms with Gasteiger partial charge in [0.25, 0.3) is 0 Å². The summed E-state index contributed by atoms with van der Waals surface area (Å²) in [5.74, 6) is 0. The lowest BCUT2D eigenvalue weighted by Gasteiger charge is -2.39. The van der Waals surface area contributed by atoms with Gasteiger partial charge in [-0.25, -0.2) is 0 Å². The number of benzene rings is 2. The van der Waals surface area contributed by atoms with Gasteiger partial charge < -0.3 is 14.8 Å². The molecule has 4 rings (SSSR count). The van der Waals surface area contributed by atoms with Gasteiger partial charge in [-0.15, -0.1) is 0 Å². The van der Waals surface area contributed by atoms with Crippen LogP contribution < -0.4 is 5.32 Å². The van der Waals surface area contributed by atoms with Crippen molar-refractivity contribution in [2.75, 3.05) is 11.9 Å². The van der Waals surface area contributed by atoms with Crippen LogP contribution in [-0.4, -0.2) is 21.1 Å². The first-order valence-corrected chi connectivity index (χ1v) is 9.93. The second-order valence-corrected chi connectivity index (χ2v) is 7.95. The van der Waals surface area contributed by atoms with Crippen molar-refractivity contribution in [2.45, 2.75) is 12.6 Å². The zero-order valence-corrected chi connectivity index (χ0v) is 17.1. The Kier molecular flexibility index (Phi) is 5.02. The number of anilines is 1. The topological polar surface area (TPSA) is 20.2 Å². The molecular weight excluding hydrogens is 430 g/mol. The normalized spacial score (nSPS) is 16.2. The van der Waals surface area contributed by atoms with E-state index in [9.17, 15) is 0 Å². The van der Waals surface area contributed by atoms with Gasteiger partial charge in [0, 0.05) is 40.2 Å². The molecule has 2 aromatic carbocycles. The van der Waals surface area contributed by atoms with Crippen molar-refractivity contribution in [3.63, 3.8) is 0 Å². The van der Waals surface area contributed by atoms with Crippen molar-refractivity contribution in [2.24, 2.45) is 0 Å². The molecule has 1 aliphatic heterocycles. The minimum atomic E-state index is 0.0615. The summed E-state index contributed by atoms with van der Waals surface area (Å²) in [6, 6.07) is 20.4. The van der Waals surface area contributed by atoms with Crippen LogP contribution in [0, 0.1) is 0 Å². The van der Waals surface area contributed by atoms with Crippen LogP contribution >= 0.6 is 39.7 Å². The van der Waals surface area contributed by atoms with Crippen LogP contribution in [0.25, 0.3) is 0 Å². The van der Waals surface area contributed by atoms with Gasteiger partial charge in [0.2, 0.25) is 0 Å². The summed E-state index contributed by atoms with van der Waals surface area (Å²) < 4.78 is 3.33. The third-order valence-corrected chi connectivity index (χ3v) is 5.70. The summed E-state index contributed by atoms with van der Waals surface area (Å²) in [5.41, 5.74) is 3.39. The average Bonchev–Trinajstić information content (AvgIpc) is 3.12. The first kappa shape index (κ1) is 17.6. The molecule has 3 aromatic rings. The SMILES string of the molecule is S=C(Nc1ccc(Br)cc1)N1CCn2cccc2C1c1ccc(Cl)cc1. The molecule has 0 fully saturated rings. The molecule has 0 saturated carbocycles. The number of halogens is 2. The van der Waals surface area contributed by atoms with Crippen LogP contribution in [0.5, 0.6) is 0 Å². The summed E-state index contributed by atoms with van der Waals surface area (Å²) in [7, 11) is 0. The molecule has 0 aliphatic carbocycles. The van der Waals surface area contributed by atoms with Crippen LogP contribution in [0.4, 0.5) is 5.69 Å². The number of aromatic nitrogens is 1. The zero-order chi connectivity index (χ0) is 18.1. The summed E-state index contributed by atoms with van der Waals surface area (Å²) in [5, 5.41) is 4.83. The van der Waals surface area contributed by atoms with Crippen molar-refractivity contribution >= 4 is 50.5 Å². The number of thiocarbonyl (C=S) groups is 1. The lowest BCUT2D eigenvalue weighted by molar-refractivity contribution is 0.293. The molecule has 6 heteroatoms. The number of rotatable bonds is 2. The summed E-state index contributed by atoms with van der Waals surface area (Å²) in [6.07, 6.45) is 2.13. The predicted molar refractivity (Wildman–Crippen MR) is 115 cm³/mol. The Labute approximate surface area is 171 Å². The molecule has 1 N–H and O–H groups in total. The molecule has 0 radical (unpaired) electrons. The predicted octanol–water partition coefficient (Wildman–Crippen LogP) is 5.71. The summed E-state index contributed by atoms with van der Waals surface area (Å²) >= 11 is 15.3. The summed E-state index contributed by atoms with van der Waals surface area (Å²) in [6.45, 7) is 1.76. The van der Waals surface area contributed by atoms with Crippen LogP contribution in [-0.2, 0) is 6.54 Å². The Hall–Kier alpha value is -1.82. The van der Waals surface area contributed by atoms with Crippen molar-refractivity contribution in [3.05, 3.63) is 87.6 Å². The Balaban J connectivity index is 1.66. The van der Waals surface area contributed by atoms with Gasteiger partial charge >= 0.3 is 0 Å². The highest BCUT2D eigenvalue weighted by Crippen LogP contribution is 2.33. The monoisotopic (exact) mass is 445 g/mol. The fourth-order valence-electron chi connectivity index (χ4n) is 3.33. The van der Waals surface area contributed by atoms with E-state index in [1.54, 1.807) is 0 Å². The van der Waals surface area contributed by atoms with E-state index in [0.717, 1.165) is 33.4 Å². The van der Waals surface area contributed by atoms with Gasteiger partial charge in [-0.3, -0.25) is 0 Å². The van der Waals surface area contributed by atoms with Crippen molar-refractivity contribution in [1.82, 2.24) is 9.47 Å². The first-order valence-electron chi connectivity index (χ1n) is 8.35. The van der Waals surface area contributed by atoms with Crippen LogP contribution in [0.2, 0.25) is 5.02 Å². The minimum absolute atomic E-state index is 0.0615. The van der Waals surface area contributed by atoms with Gasteiger partial charge in [-0.2, -0.15) is 0 Å². The first-order chi connectivity index (χ1) is 12.6. The van der Waals surface area contributed by atoms with Crippen LogP contribution in [0.1, 0.15) is 17.3 Å². The third kappa shape index (κ3) is 3.52. The van der Waals surface area contributed by atoms with Crippen LogP contribution in [0.3, 0.4) is 0 Å². The van der Waals surface area contributed by atoms with E-state index in [0.29, 0.717) is 0 Å². The second kappa shape index (κ2) is 7.43. The van der Waals surface area contributed by atoms with Gasteiger partial charge in [-0.05, 0) is 66.3 Å². The lowest BCUT2D eigenvalue weighted by Crippen LogP contribution is -2.44. The molecule has 0 spiro atoms. The second-order valence-electron chi connectivity index (χ2n) is 6.21. The summed E-state index contributed by atoms with van der Waals surface area (Å²) in [4.78, 5) is 2.25. The maximum atomic E-state index is 6.09. The average molecular weight is 447 g/mol. The van der Waals surface area contributed by atoms with E-state index in [1.165, 1.54) is 11.3 Å². The fourth-order valence-corrected chi connectivity index (χ4v) is 4.03. The molecule has 1 aromatic heterocycles.